The smallest absolute Gasteiger partial charge is 0.261 e. The Kier molecular flexibility index (Phi) is 6.53. The number of nitrogens with zero attached hydrogens (tertiary/aromatic N) is 1. The van der Waals surface area contributed by atoms with E-state index in [9.17, 15) is 14.7 Å². The lowest BCUT2D eigenvalue weighted by Crippen LogP contribution is -2.17. The standard InChI is InChI=1S/C27H22ClN5O3/c28-18-9-4-8-17(14-18)26(35)32-21-11-5-10-20-24(21)33-25(31-20)23-19(12-13-29-27(23)36)30-15-22(34)16-6-2-1-3-7-16/h1-14,22,34H,15H2,(H,31,33)(H,32,35)(H2,29,30,36)/t22-/m0/s1. The molecular formula is C27H22ClN5O3. The Morgan fingerprint density at radius 1 is 1.00 bits per heavy atom. The van der Waals surface area contributed by atoms with Crippen LogP contribution in [0.3, 0.4) is 0 Å². The van der Waals surface area contributed by atoms with E-state index in [4.69, 9.17) is 11.6 Å². The summed E-state index contributed by atoms with van der Waals surface area (Å²) in [6.45, 7) is 0.196. The maximum absolute atomic E-state index is 12.8. The van der Waals surface area contributed by atoms with Gasteiger partial charge in [0.2, 0.25) is 0 Å². The highest BCUT2D eigenvalue weighted by Gasteiger charge is 2.18. The predicted molar refractivity (Wildman–Crippen MR) is 141 cm³/mol. The van der Waals surface area contributed by atoms with Crippen molar-refractivity contribution in [2.45, 2.75) is 6.10 Å². The van der Waals surface area contributed by atoms with Crippen LogP contribution in [-0.2, 0) is 0 Å². The molecule has 3 aromatic carbocycles. The SMILES string of the molecule is O=C(Nc1cccc2[nH]c(-c3c(NC[C@H](O)c4ccccc4)cc[nH]c3=O)nc12)c1cccc(Cl)c1. The number of hydrogen-bond acceptors (Lipinski definition) is 5. The lowest BCUT2D eigenvalue weighted by atomic mass is 10.1. The molecule has 0 aliphatic heterocycles. The number of aromatic nitrogens is 3. The molecule has 2 heterocycles. The second-order valence-electron chi connectivity index (χ2n) is 8.15. The predicted octanol–water partition coefficient (Wildman–Crippen LogP) is 4.97. The van der Waals surface area contributed by atoms with Crippen LogP contribution in [0.5, 0.6) is 0 Å². The fourth-order valence-corrected chi connectivity index (χ4v) is 4.13. The maximum atomic E-state index is 12.8. The number of benzene rings is 3. The van der Waals surface area contributed by atoms with Gasteiger partial charge in [-0.2, -0.15) is 0 Å². The number of nitrogens with one attached hydrogen (secondary N) is 4. The molecule has 0 aliphatic rings. The van der Waals surface area contributed by atoms with E-state index in [2.05, 4.69) is 25.6 Å². The number of aromatic amines is 2. The molecule has 36 heavy (non-hydrogen) atoms. The minimum atomic E-state index is -0.762. The molecule has 9 heteroatoms. The molecule has 0 aliphatic carbocycles. The Hall–Kier alpha value is -4.40. The molecule has 8 nitrogen and oxygen atoms in total. The van der Waals surface area contributed by atoms with Crippen molar-refractivity contribution in [3.63, 3.8) is 0 Å². The number of imidazole rings is 1. The van der Waals surface area contributed by atoms with Crippen LogP contribution in [0.2, 0.25) is 5.02 Å². The fourth-order valence-electron chi connectivity index (χ4n) is 3.94. The van der Waals surface area contributed by atoms with Crippen LogP contribution in [-0.4, -0.2) is 32.5 Å². The van der Waals surface area contributed by atoms with E-state index in [1.165, 1.54) is 6.20 Å². The summed E-state index contributed by atoms with van der Waals surface area (Å²) in [4.78, 5) is 36.1. The molecule has 0 saturated heterocycles. The van der Waals surface area contributed by atoms with E-state index in [-0.39, 0.29) is 18.0 Å². The van der Waals surface area contributed by atoms with E-state index in [0.717, 1.165) is 5.56 Å². The fraction of sp³-hybridized carbons (Fsp3) is 0.0741. The average molecular weight is 500 g/mol. The zero-order chi connectivity index (χ0) is 25.1. The van der Waals surface area contributed by atoms with Crippen LogP contribution < -0.4 is 16.2 Å². The number of halogens is 1. The third-order valence-corrected chi connectivity index (χ3v) is 5.95. The second kappa shape index (κ2) is 10.1. The molecule has 0 bridgehead atoms. The van der Waals surface area contributed by atoms with Gasteiger partial charge in [-0.15, -0.1) is 0 Å². The Labute approximate surface area is 211 Å². The number of carbonyl (C=O) groups is 1. The number of H-pyrrole nitrogens is 2. The van der Waals surface area contributed by atoms with Gasteiger partial charge in [-0.1, -0.05) is 54.1 Å². The van der Waals surface area contributed by atoms with Crippen molar-refractivity contribution in [3.05, 3.63) is 112 Å². The summed E-state index contributed by atoms with van der Waals surface area (Å²) in [5.41, 5.74) is 3.27. The van der Waals surface area contributed by atoms with Crippen molar-refractivity contribution in [1.29, 1.82) is 0 Å². The van der Waals surface area contributed by atoms with Crippen LogP contribution >= 0.6 is 11.6 Å². The first-order valence-electron chi connectivity index (χ1n) is 11.2. The first kappa shape index (κ1) is 23.3. The molecule has 0 unspecified atom stereocenters. The van der Waals surface area contributed by atoms with Gasteiger partial charge in [-0.05, 0) is 42.0 Å². The number of fused-ring (bicyclic) bond motifs is 1. The van der Waals surface area contributed by atoms with Gasteiger partial charge >= 0.3 is 0 Å². The zero-order valence-corrected chi connectivity index (χ0v) is 19.7. The number of carbonyl (C=O) groups excluding carboxylic acids is 1. The third-order valence-electron chi connectivity index (χ3n) is 5.72. The largest absolute Gasteiger partial charge is 0.387 e. The molecule has 0 radical (unpaired) electrons. The van der Waals surface area contributed by atoms with Crippen molar-refractivity contribution >= 4 is 39.9 Å². The van der Waals surface area contributed by atoms with Gasteiger partial charge in [0.15, 0.2) is 0 Å². The van der Waals surface area contributed by atoms with Gasteiger partial charge in [0.1, 0.15) is 16.9 Å². The maximum Gasteiger partial charge on any atom is 0.261 e. The highest BCUT2D eigenvalue weighted by atomic mass is 35.5. The summed E-state index contributed by atoms with van der Waals surface area (Å²) in [5, 5.41) is 17.0. The van der Waals surface area contributed by atoms with Crippen molar-refractivity contribution in [3.8, 4) is 11.4 Å². The molecule has 0 saturated carbocycles. The average Bonchev–Trinajstić information content (AvgIpc) is 3.32. The molecule has 1 amide bonds. The van der Waals surface area contributed by atoms with E-state index in [1.807, 2.05) is 36.4 Å². The van der Waals surface area contributed by atoms with Crippen LogP contribution in [0.1, 0.15) is 22.0 Å². The summed E-state index contributed by atoms with van der Waals surface area (Å²) in [5.74, 6) is -0.00244. The summed E-state index contributed by atoms with van der Waals surface area (Å²) >= 11 is 6.02. The monoisotopic (exact) mass is 499 g/mol. The van der Waals surface area contributed by atoms with Gasteiger partial charge in [0, 0.05) is 23.3 Å². The summed E-state index contributed by atoms with van der Waals surface area (Å²) < 4.78 is 0. The van der Waals surface area contributed by atoms with Crippen molar-refractivity contribution in [2.75, 3.05) is 17.2 Å². The molecule has 2 aromatic heterocycles. The molecule has 0 fully saturated rings. The van der Waals surface area contributed by atoms with Crippen LogP contribution in [0.25, 0.3) is 22.4 Å². The van der Waals surface area contributed by atoms with E-state index in [1.54, 1.807) is 42.5 Å². The molecular weight excluding hydrogens is 478 g/mol. The minimum absolute atomic E-state index is 0.196. The van der Waals surface area contributed by atoms with Gasteiger partial charge in [0.05, 0.1) is 23.0 Å². The summed E-state index contributed by atoms with van der Waals surface area (Å²) in [6.07, 6.45) is 0.768. The quantitative estimate of drug-likeness (QED) is 0.216. The van der Waals surface area contributed by atoms with Crippen molar-refractivity contribution in [2.24, 2.45) is 0 Å². The van der Waals surface area contributed by atoms with Gasteiger partial charge in [0.25, 0.3) is 11.5 Å². The van der Waals surface area contributed by atoms with E-state index >= 15 is 0 Å². The minimum Gasteiger partial charge on any atom is -0.387 e. The van der Waals surface area contributed by atoms with Gasteiger partial charge in [-0.3, -0.25) is 9.59 Å². The number of amides is 1. The van der Waals surface area contributed by atoms with Crippen molar-refractivity contribution in [1.82, 2.24) is 15.0 Å². The molecule has 5 rings (SSSR count). The number of aliphatic hydroxyl groups excluding tert-OH is 1. The van der Waals surface area contributed by atoms with Crippen LogP contribution in [0.4, 0.5) is 11.4 Å². The summed E-state index contributed by atoms with van der Waals surface area (Å²) in [6, 6.07) is 23.0. The number of anilines is 2. The molecule has 0 spiro atoms. The Bertz CT molecular complexity index is 1600. The Balaban J connectivity index is 1.45. The van der Waals surface area contributed by atoms with Gasteiger partial charge in [-0.25, -0.2) is 4.98 Å². The number of aliphatic hydroxyl groups is 1. The molecule has 5 aromatic rings. The molecule has 1 atom stereocenters. The molecule has 5 N–H and O–H groups in total. The first-order chi connectivity index (χ1) is 17.5. The lowest BCUT2D eigenvalue weighted by molar-refractivity contribution is 0.102. The number of pyridine rings is 1. The normalized spacial score (nSPS) is 11.8. The Morgan fingerprint density at radius 2 is 1.81 bits per heavy atom. The van der Waals surface area contributed by atoms with E-state index < -0.39 is 6.10 Å². The van der Waals surface area contributed by atoms with Crippen LogP contribution in [0.15, 0.2) is 89.9 Å². The van der Waals surface area contributed by atoms with Crippen molar-refractivity contribution < 1.29 is 9.90 Å². The highest BCUT2D eigenvalue weighted by Crippen LogP contribution is 2.28. The van der Waals surface area contributed by atoms with E-state index in [0.29, 0.717) is 44.4 Å². The number of rotatable bonds is 7. The second-order valence-corrected chi connectivity index (χ2v) is 8.59. The van der Waals surface area contributed by atoms with Crippen LogP contribution in [0, 0.1) is 0 Å². The lowest BCUT2D eigenvalue weighted by Gasteiger charge is -2.14. The number of hydrogen-bond donors (Lipinski definition) is 5. The first-order valence-corrected chi connectivity index (χ1v) is 11.6. The Morgan fingerprint density at radius 3 is 2.61 bits per heavy atom. The topological polar surface area (TPSA) is 123 Å². The zero-order valence-electron chi connectivity index (χ0n) is 19.0. The summed E-state index contributed by atoms with van der Waals surface area (Å²) in [7, 11) is 0. The highest BCUT2D eigenvalue weighted by molar-refractivity contribution is 6.31. The van der Waals surface area contributed by atoms with Gasteiger partial charge < -0.3 is 25.7 Å². The third kappa shape index (κ3) is 4.86. The molecule has 180 valence electrons. The number of para-hydroxylation sites is 1.